The second-order valence-corrected chi connectivity index (χ2v) is 3.14. The van der Waals surface area contributed by atoms with Gasteiger partial charge in [-0.2, -0.15) is 0 Å². The van der Waals surface area contributed by atoms with Crippen molar-refractivity contribution < 1.29 is 4.79 Å². The van der Waals surface area contributed by atoms with Gasteiger partial charge in [0.25, 0.3) is 0 Å². The number of amides is 1. The van der Waals surface area contributed by atoms with Gasteiger partial charge in [-0.3, -0.25) is 9.78 Å². The van der Waals surface area contributed by atoms with Crippen LogP contribution in [0.15, 0.2) is 24.4 Å². The Morgan fingerprint density at radius 3 is 2.86 bits per heavy atom. The van der Waals surface area contributed by atoms with Crippen molar-refractivity contribution in [1.82, 2.24) is 9.88 Å². The number of hydrogen-bond acceptors (Lipinski definition) is 3. The molecule has 2 N–H and O–H groups in total. The number of carbonyl (C=O) groups is 1. The molecule has 0 spiro atoms. The normalized spacial score (nSPS) is 12.2. The van der Waals surface area contributed by atoms with E-state index in [2.05, 4.69) is 4.98 Å². The number of nitrogens with two attached hydrogens (primary N) is 1. The molecule has 1 amide bonds. The number of likely N-dealkylation sites (N-methyl/N-ethyl adjacent to an activating group) is 1. The molecule has 0 saturated heterocycles. The SMILES string of the molecule is C[C@H](c1ccccn1)N(C)C(=O)CN. The maximum absolute atomic E-state index is 11.3. The van der Waals surface area contributed by atoms with E-state index in [1.54, 1.807) is 18.1 Å². The first-order valence-corrected chi connectivity index (χ1v) is 4.53. The van der Waals surface area contributed by atoms with Gasteiger partial charge in [0.2, 0.25) is 5.91 Å². The highest BCUT2D eigenvalue weighted by Crippen LogP contribution is 2.15. The van der Waals surface area contributed by atoms with Crippen LogP contribution in [0.1, 0.15) is 18.7 Å². The van der Waals surface area contributed by atoms with Gasteiger partial charge in [0, 0.05) is 13.2 Å². The van der Waals surface area contributed by atoms with Crippen molar-refractivity contribution in [1.29, 1.82) is 0 Å². The number of rotatable bonds is 3. The van der Waals surface area contributed by atoms with Gasteiger partial charge in [0.1, 0.15) is 0 Å². The maximum Gasteiger partial charge on any atom is 0.236 e. The minimum atomic E-state index is -0.0804. The molecule has 0 aliphatic heterocycles. The predicted octanol–water partition coefficient (Wildman–Crippen LogP) is 0.560. The molecule has 1 rings (SSSR count). The number of carbonyl (C=O) groups excluding carboxylic acids is 1. The minimum absolute atomic E-state index is 0.0350. The molecule has 4 heteroatoms. The molecule has 1 aromatic heterocycles. The third-order valence-electron chi connectivity index (χ3n) is 2.26. The monoisotopic (exact) mass is 193 g/mol. The molecule has 0 aliphatic rings. The summed E-state index contributed by atoms with van der Waals surface area (Å²) in [6.07, 6.45) is 1.71. The summed E-state index contributed by atoms with van der Waals surface area (Å²) in [5, 5.41) is 0. The summed E-state index contributed by atoms with van der Waals surface area (Å²) in [7, 11) is 1.73. The van der Waals surface area contributed by atoms with Crippen molar-refractivity contribution >= 4 is 5.91 Å². The van der Waals surface area contributed by atoms with E-state index in [4.69, 9.17) is 5.73 Å². The molecule has 14 heavy (non-hydrogen) atoms. The van der Waals surface area contributed by atoms with Gasteiger partial charge in [-0.05, 0) is 19.1 Å². The molecule has 0 unspecified atom stereocenters. The van der Waals surface area contributed by atoms with E-state index < -0.39 is 0 Å². The molecule has 76 valence electrons. The topological polar surface area (TPSA) is 59.2 Å². The lowest BCUT2D eigenvalue weighted by Crippen LogP contribution is -2.34. The van der Waals surface area contributed by atoms with Crippen molar-refractivity contribution in [3.05, 3.63) is 30.1 Å². The zero-order valence-corrected chi connectivity index (χ0v) is 8.47. The molecule has 0 aliphatic carbocycles. The van der Waals surface area contributed by atoms with Crippen LogP contribution in [0.2, 0.25) is 0 Å². The summed E-state index contributed by atoms with van der Waals surface area (Å²) in [4.78, 5) is 17.1. The molecular weight excluding hydrogens is 178 g/mol. The third-order valence-corrected chi connectivity index (χ3v) is 2.26. The Balaban J connectivity index is 2.75. The molecular formula is C10H15N3O. The number of hydrogen-bond donors (Lipinski definition) is 1. The molecule has 1 aromatic rings. The number of aromatic nitrogens is 1. The van der Waals surface area contributed by atoms with Crippen LogP contribution in [0.25, 0.3) is 0 Å². The molecule has 0 aromatic carbocycles. The molecule has 4 nitrogen and oxygen atoms in total. The van der Waals surface area contributed by atoms with Crippen LogP contribution in [0, 0.1) is 0 Å². The summed E-state index contributed by atoms with van der Waals surface area (Å²) in [5.74, 6) is -0.0804. The summed E-state index contributed by atoms with van der Waals surface area (Å²) in [5.41, 5.74) is 6.15. The third kappa shape index (κ3) is 2.29. The van der Waals surface area contributed by atoms with Crippen LogP contribution < -0.4 is 5.73 Å². The lowest BCUT2D eigenvalue weighted by Gasteiger charge is -2.23. The standard InChI is InChI=1S/C10H15N3O/c1-8(13(2)10(14)7-11)9-5-3-4-6-12-9/h3-6,8H,7,11H2,1-2H3/t8-/m1/s1. The quantitative estimate of drug-likeness (QED) is 0.763. The Bertz CT molecular complexity index is 299. The van der Waals surface area contributed by atoms with E-state index in [0.717, 1.165) is 5.69 Å². The molecule has 1 atom stereocenters. The van der Waals surface area contributed by atoms with E-state index in [9.17, 15) is 4.79 Å². The largest absolute Gasteiger partial charge is 0.336 e. The lowest BCUT2D eigenvalue weighted by molar-refractivity contribution is -0.130. The van der Waals surface area contributed by atoms with Crippen LogP contribution in [0.5, 0.6) is 0 Å². The molecule has 0 fully saturated rings. The van der Waals surface area contributed by atoms with Gasteiger partial charge >= 0.3 is 0 Å². The number of pyridine rings is 1. The van der Waals surface area contributed by atoms with Gasteiger partial charge in [0.15, 0.2) is 0 Å². The van der Waals surface area contributed by atoms with E-state index >= 15 is 0 Å². The van der Waals surface area contributed by atoms with Crippen molar-refractivity contribution in [2.45, 2.75) is 13.0 Å². The maximum atomic E-state index is 11.3. The van der Waals surface area contributed by atoms with Crippen molar-refractivity contribution in [3.63, 3.8) is 0 Å². The molecule has 0 radical (unpaired) electrons. The van der Waals surface area contributed by atoms with Crippen molar-refractivity contribution in [3.8, 4) is 0 Å². The fourth-order valence-corrected chi connectivity index (χ4v) is 1.18. The average molecular weight is 193 g/mol. The fraction of sp³-hybridized carbons (Fsp3) is 0.400. The van der Waals surface area contributed by atoms with Crippen LogP contribution >= 0.6 is 0 Å². The van der Waals surface area contributed by atoms with Crippen LogP contribution in [0.3, 0.4) is 0 Å². The van der Waals surface area contributed by atoms with E-state index in [0.29, 0.717) is 0 Å². The minimum Gasteiger partial charge on any atom is -0.336 e. The first-order chi connectivity index (χ1) is 6.66. The van der Waals surface area contributed by atoms with Gasteiger partial charge in [-0.15, -0.1) is 0 Å². The van der Waals surface area contributed by atoms with Gasteiger partial charge in [-0.1, -0.05) is 6.07 Å². The second-order valence-electron chi connectivity index (χ2n) is 3.14. The highest BCUT2D eigenvalue weighted by molar-refractivity contribution is 5.78. The van der Waals surface area contributed by atoms with E-state index in [1.165, 1.54) is 0 Å². The first kappa shape index (κ1) is 10.7. The zero-order valence-electron chi connectivity index (χ0n) is 8.47. The Labute approximate surface area is 83.7 Å². The fourth-order valence-electron chi connectivity index (χ4n) is 1.18. The lowest BCUT2D eigenvalue weighted by atomic mass is 10.2. The van der Waals surface area contributed by atoms with Crippen LogP contribution in [-0.2, 0) is 4.79 Å². The summed E-state index contributed by atoms with van der Waals surface area (Å²) in [6, 6.07) is 5.61. The summed E-state index contributed by atoms with van der Waals surface area (Å²) < 4.78 is 0. The smallest absolute Gasteiger partial charge is 0.236 e. The first-order valence-electron chi connectivity index (χ1n) is 4.53. The molecule has 1 heterocycles. The van der Waals surface area contributed by atoms with E-state index in [1.807, 2.05) is 25.1 Å². The average Bonchev–Trinajstić information content (AvgIpc) is 2.27. The van der Waals surface area contributed by atoms with Crippen molar-refractivity contribution in [2.75, 3.05) is 13.6 Å². The summed E-state index contributed by atoms with van der Waals surface area (Å²) >= 11 is 0. The Morgan fingerprint density at radius 1 is 1.64 bits per heavy atom. The van der Waals surface area contributed by atoms with Gasteiger partial charge < -0.3 is 10.6 Å². The Kier molecular flexibility index (Phi) is 3.59. The molecule has 0 bridgehead atoms. The van der Waals surface area contributed by atoms with Crippen LogP contribution in [-0.4, -0.2) is 29.4 Å². The molecule has 0 saturated carbocycles. The summed E-state index contributed by atoms with van der Waals surface area (Å²) in [6.45, 7) is 1.96. The number of nitrogens with zero attached hydrogens (tertiary/aromatic N) is 2. The predicted molar refractivity (Wildman–Crippen MR) is 54.5 cm³/mol. The van der Waals surface area contributed by atoms with E-state index in [-0.39, 0.29) is 18.5 Å². The highest BCUT2D eigenvalue weighted by atomic mass is 16.2. The second kappa shape index (κ2) is 4.72. The van der Waals surface area contributed by atoms with Gasteiger partial charge in [0.05, 0.1) is 18.3 Å². The highest BCUT2D eigenvalue weighted by Gasteiger charge is 2.16. The van der Waals surface area contributed by atoms with Crippen molar-refractivity contribution in [2.24, 2.45) is 5.73 Å². The van der Waals surface area contributed by atoms with Gasteiger partial charge in [-0.25, -0.2) is 0 Å². The Hall–Kier alpha value is -1.42. The zero-order chi connectivity index (χ0) is 10.6. The Morgan fingerprint density at radius 2 is 2.36 bits per heavy atom. The van der Waals surface area contributed by atoms with Crippen LogP contribution in [0.4, 0.5) is 0 Å².